The molecule has 0 radical (unpaired) electrons. The smallest absolute Gasteiger partial charge is 0.0964 e. The van der Waals surface area contributed by atoms with Gasteiger partial charge in [0.2, 0.25) is 0 Å². The molecule has 1 unspecified atom stereocenters. The second kappa shape index (κ2) is 5.35. The van der Waals surface area contributed by atoms with E-state index in [4.69, 9.17) is 22.1 Å². The molecule has 0 fully saturated rings. The van der Waals surface area contributed by atoms with Crippen LogP contribution in [0.15, 0.2) is 24.3 Å². The highest BCUT2D eigenvalue weighted by molar-refractivity contribution is 6.31. The molecule has 0 aromatic heterocycles. The average molecular weight is 214 g/mol. The first-order valence-electron chi connectivity index (χ1n) is 4.75. The minimum atomic E-state index is -0.108. The number of nitrogens with two attached hydrogens (primary N) is 1. The lowest BCUT2D eigenvalue weighted by Crippen LogP contribution is -2.19. The van der Waals surface area contributed by atoms with E-state index in [1.54, 1.807) is 0 Å². The lowest BCUT2D eigenvalue weighted by molar-refractivity contribution is 0.0120. The van der Waals surface area contributed by atoms with Crippen molar-refractivity contribution in [2.75, 3.05) is 6.54 Å². The quantitative estimate of drug-likeness (QED) is 0.835. The Labute approximate surface area is 90.0 Å². The maximum Gasteiger partial charge on any atom is 0.0964 e. The van der Waals surface area contributed by atoms with E-state index in [1.807, 2.05) is 38.1 Å². The van der Waals surface area contributed by atoms with Gasteiger partial charge in [0.25, 0.3) is 0 Å². The molecule has 2 nitrogen and oxygen atoms in total. The molecular formula is C11H16ClNO. The van der Waals surface area contributed by atoms with Crippen LogP contribution in [0.1, 0.15) is 25.5 Å². The fourth-order valence-corrected chi connectivity index (χ4v) is 1.58. The third-order valence-corrected chi connectivity index (χ3v) is 2.25. The molecule has 0 heterocycles. The van der Waals surface area contributed by atoms with Crippen LogP contribution in [0, 0.1) is 0 Å². The second-order valence-corrected chi connectivity index (χ2v) is 3.84. The van der Waals surface area contributed by atoms with Gasteiger partial charge < -0.3 is 10.5 Å². The minimum Gasteiger partial charge on any atom is -0.369 e. The summed E-state index contributed by atoms with van der Waals surface area (Å²) in [6.45, 7) is 4.42. The number of halogens is 1. The minimum absolute atomic E-state index is 0.108. The van der Waals surface area contributed by atoms with Crippen LogP contribution in [0.5, 0.6) is 0 Å². The Bertz CT molecular complexity index is 288. The standard InChI is InChI=1S/C11H16ClNO/c1-8(2)14-11(7-13)9-5-3-4-6-10(9)12/h3-6,8,11H,7,13H2,1-2H3. The predicted octanol–water partition coefficient (Wildman–Crippen LogP) is 2.76. The fourth-order valence-electron chi connectivity index (χ4n) is 1.32. The van der Waals surface area contributed by atoms with Gasteiger partial charge in [0, 0.05) is 17.1 Å². The van der Waals surface area contributed by atoms with Crippen molar-refractivity contribution in [3.63, 3.8) is 0 Å². The molecule has 1 aromatic carbocycles. The highest BCUT2D eigenvalue weighted by atomic mass is 35.5. The van der Waals surface area contributed by atoms with Crippen LogP contribution in [0.25, 0.3) is 0 Å². The lowest BCUT2D eigenvalue weighted by Gasteiger charge is -2.20. The van der Waals surface area contributed by atoms with E-state index in [0.717, 1.165) is 5.56 Å². The summed E-state index contributed by atoms with van der Waals surface area (Å²) in [6, 6.07) is 7.63. The van der Waals surface area contributed by atoms with Crippen LogP contribution in [-0.2, 0) is 4.74 Å². The van der Waals surface area contributed by atoms with Crippen LogP contribution < -0.4 is 5.73 Å². The molecule has 0 aliphatic carbocycles. The van der Waals surface area contributed by atoms with Gasteiger partial charge in [-0.3, -0.25) is 0 Å². The number of hydrogen-bond acceptors (Lipinski definition) is 2. The van der Waals surface area contributed by atoms with Gasteiger partial charge in [0.1, 0.15) is 0 Å². The fraction of sp³-hybridized carbons (Fsp3) is 0.455. The number of benzene rings is 1. The largest absolute Gasteiger partial charge is 0.369 e. The van der Waals surface area contributed by atoms with Crippen molar-refractivity contribution in [1.82, 2.24) is 0 Å². The molecule has 1 atom stereocenters. The van der Waals surface area contributed by atoms with Gasteiger partial charge in [-0.05, 0) is 19.9 Å². The molecule has 0 saturated carbocycles. The van der Waals surface area contributed by atoms with Gasteiger partial charge >= 0.3 is 0 Å². The van der Waals surface area contributed by atoms with Crippen LogP contribution in [-0.4, -0.2) is 12.6 Å². The summed E-state index contributed by atoms with van der Waals surface area (Å²) in [4.78, 5) is 0. The van der Waals surface area contributed by atoms with E-state index in [-0.39, 0.29) is 12.2 Å². The molecule has 78 valence electrons. The molecule has 3 heteroatoms. The number of hydrogen-bond donors (Lipinski definition) is 1. The highest BCUT2D eigenvalue weighted by Crippen LogP contribution is 2.25. The Morgan fingerprint density at radius 2 is 2.00 bits per heavy atom. The molecule has 0 bridgehead atoms. The number of ether oxygens (including phenoxy) is 1. The summed E-state index contributed by atoms with van der Waals surface area (Å²) in [6.07, 6.45) is 0.0449. The third kappa shape index (κ3) is 2.98. The molecule has 1 rings (SSSR count). The van der Waals surface area contributed by atoms with Gasteiger partial charge in [0.05, 0.1) is 12.2 Å². The van der Waals surface area contributed by atoms with E-state index < -0.39 is 0 Å². The van der Waals surface area contributed by atoms with Gasteiger partial charge in [-0.2, -0.15) is 0 Å². The van der Waals surface area contributed by atoms with Crippen LogP contribution in [0.2, 0.25) is 5.02 Å². The van der Waals surface area contributed by atoms with Crippen LogP contribution in [0.3, 0.4) is 0 Å². The van der Waals surface area contributed by atoms with Crippen molar-refractivity contribution in [3.8, 4) is 0 Å². The first-order valence-corrected chi connectivity index (χ1v) is 5.13. The summed E-state index contributed by atoms with van der Waals surface area (Å²) in [5, 5.41) is 0.712. The number of rotatable bonds is 4. The normalized spacial score (nSPS) is 13.2. The van der Waals surface area contributed by atoms with Crippen molar-refractivity contribution >= 4 is 11.6 Å². The van der Waals surface area contributed by atoms with Crippen LogP contribution >= 0.6 is 11.6 Å². The topological polar surface area (TPSA) is 35.2 Å². The second-order valence-electron chi connectivity index (χ2n) is 3.43. The molecule has 0 aliphatic rings. The molecule has 0 saturated heterocycles. The molecule has 1 aromatic rings. The Kier molecular flexibility index (Phi) is 4.39. The lowest BCUT2D eigenvalue weighted by atomic mass is 10.1. The third-order valence-electron chi connectivity index (χ3n) is 1.90. The van der Waals surface area contributed by atoms with E-state index in [0.29, 0.717) is 11.6 Å². The van der Waals surface area contributed by atoms with E-state index >= 15 is 0 Å². The molecule has 2 N–H and O–H groups in total. The monoisotopic (exact) mass is 213 g/mol. The predicted molar refractivity (Wildman–Crippen MR) is 59.5 cm³/mol. The molecule has 0 amide bonds. The summed E-state index contributed by atoms with van der Waals surface area (Å²) >= 11 is 6.05. The van der Waals surface area contributed by atoms with Crippen molar-refractivity contribution in [2.24, 2.45) is 5.73 Å². The van der Waals surface area contributed by atoms with Crippen molar-refractivity contribution < 1.29 is 4.74 Å². The van der Waals surface area contributed by atoms with E-state index in [1.165, 1.54) is 0 Å². The van der Waals surface area contributed by atoms with Gasteiger partial charge in [-0.1, -0.05) is 29.8 Å². The van der Waals surface area contributed by atoms with Gasteiger partial charge in [-0.15, -0.1) is 0 Å². The van der Waals surface area contributed by atoms with Gasteiger partial charge in [-0.25, -0.2) is 0 Å². The first-order chi connectivity index (χ1) is 6.65. The van der Waals surface area contributed by atoms with Crippen molar-refractivity contribution in [2.45, 2.75) is 26.1 Å². The van der Waals surface area contributed by atoms with Crippen molar-refractivity contribution in [1.29, 1.82) is 0 Å². The molecule has 14 heavy (non-hydrogen) atoms. The summed E-state index contributed by atoms with van der Waals surface area (Å²) in [7, 11) is 0. The molecule has 0 aliphatic heterocycles. The Morgan fingerprint density at radius 1 is 1.36 bits per heavy atom. The van der Waals surface area contributed by atoms with Gasteiger partial charge in [0.15, 0.2) is 0 Å². The maximum atomic E-state index is 6.05. The summed E-state index contributed by atoms with van der Waals surface area (Å²) in [5.41, 5.74) is 6.60. The van der Waals surface area contributed by atoms with Crippen LogP contribution in [0.4, 0.5) is 0 Å². The van der Waals surface area contributed by atoms with E-state index in [2.05, 4.69) is 0 Å². The van der Waals surface area contributed by atoms with Crippen molar-refractivity contribution in [3.05, 3.63) is 34.9 Å². The molecular weight excluding hydrogens is 198 g/mol. The zero-order valence-electron chi connectivity index (χ0n) is 8.53. The maximum absolute atomic E-state index is 6.05. The zero-order chi connectivity index (χ0) is 10.6. The summed E-state index contributed by atoms with van der Waals surface area (Å²) < 4.78 is 5.66. The summed E-state index contributed by atoms with van der Waals surface area (Å²) in [5.74, 6) is 0. The Balaban J connectivity index is 2.83. The Morgan fingerprint density at radius 3 is 2.50 bits per heavy atom. The zero-order valence-corrected chi connectivity index (χ0v) is 9.29. The first kappa shape index (κ1) is 11.5. The SMILES string of the molecule is CC(C)OC(CN)c1ccccc1Cl. The average Bonchev–Trinajstić information content (AvgIpc) is 2.15. The van der Waals surface area contributed by atoms with E-state index in [9.17, 15) is 0 Å². The Hall–Kier alpha value is -0.570. The molecule has 0 spiro atoms. The highest BCUT2D eigenvalue weighted by Gasteiger charge is 2.14.